The second-order valence-corrected chi connectivity index (χ2v) is 18.0. The lowest BCUT2D eigenvalue weighted by Crippen LogP contribution is -2.54. The first-order chi connectivity index (χ1) is 32.7. The van der Waals surface area contributed by atoms with Crippen LogP contribution in [-0.2, 0) is 48.2 Å². The number of anilines is 1. The third-order valence-corrected chi connectivity index (χ3v) is 12.0. The summed E-state index contributed by atoms with van der Waals surface area (Å²) >= 11 is 1.22. The van der Waals surface area contributed by atoms with Crippen molar-refractivity contribution in [3.05, 3.63) is 89.1 Å². The number of ether oxygens (including phenoxy) is 4. The van der Waals surface area contributed by atoms with Crippen LogP contribution < -0.4 is 31.3 Å². The number of hydrogen-bond acceptors (Lipinski definition) is 16. The Hall–Kier alpha value is -6.86. The summed E-state index contributed by atoms with van der Waals surface area (Å²) in [7, 11) is -3.62. The van der Waals surface area contributed by atoms with Crippen molar-refractivity contribution in [2.24, 2.45) is 0 Å². The number of carbonyl (C=O) groups is 8. The standard InChI is InChI=1S/C44H50N8O14S2/c1-68(61,62)51-18-14-29(25-51)39(56)47-31(40(57)50-44-48-32(27-67-44)28-7-3-2-4-8-28)15-20-63-19-6-11-35(53)45-16-21-64-23-24-65-22-17-46-37(55)26-66-34-10-5-9-30-38(34)43(60)52(42(30)59)33-12-13-36(54)49-41(33)58/h2-5,7-10,14,18,25,27,31,33H,6,11-13,15-17,19-24,26H2,1H3,(H,45,53)(H,46,55)(H,47,56)(H,48,50,57)(H,49,54,58)/t31-,33?/m0/s1. The van der Waals surface area contributed by atoms with Crippen LogP contribution in [0.3, 0.4) is 0 Å². The summed E-state index contributed by atoms with van der Waals surface area (Å²) in [6, 6.07) is 12.9. The molecular formula is C44H50N8O14S2. The van der Waals surface area contributed by atoms with E-state index in [2.05, 4.69) is 31.6 Å². The monoisotopic (exact) mass is 978 g/mol. The second kappa shape index (κ2) is 24.2. The quantitative estimate of drug-likeness (QED) is 0.0435. The first kappa shape index (κ1) is 50.6. The fourth-order valence-corrected chi connectivity index (χ4v) is 8.17. The number of piperidine rings is 1. The van der Waals surface area contributed by atoms with Crippen LogP contribution in [0.2, 0.25) is 0 Å². The van der Waals surface area contributed by atoms with Crippen LogP contribution >= 0.6 is 11.3 Å². The van der Waals surface area contributed by atoms with Crippen molar-refractivity contribution in [2.45, 2.75) is 44.2 Å². The molecule has 2 aromatic heterocycles. The fourth-order valence-electron chi connectivity index (χ4n) is 6.87. The van der Waals surface area contributed by atoms with Crippen LogP contribution in [0.1, 0.15) is 63.2 Å². The van der Waals surface area contributed by atoms with Gasteiger partial charge in [0.2, 0.25) is 33.7 Å². The average molecular weight is 979 g/mol. The zero-order valence-electron chi connectivity index (χ0n) is 36.9. The Labute approximate surface area is 394 Å². The summed E-state index contributed by atoms with van der Waals surface area (Å²) in [6.45, 7) is 1.05. The Balaban J connectivity index is 0.803. The summed E-state index contributed by atoms with van der Waals surface area (Å²) in [5.74, 6) is -4.58. The average Bonchev–Trinajstić information content (AvgIpc) is 4.07. The molecule has 2 atom stereocenters. The summed E-state index contributed by atoms with van der Waals surface area (Å²) in [6.07, 6.45) is 4.00. The summed E-state index contributed by atoms with van der Waals surface area (Å²) in [4.78, 5) is 107. The minimum Gasteiger partial charge on any atom is -0.483 e. The van der Waals surface area contributed by atoms with Gasteiger partial charge in [-0.1, -0.05) is 36.4 Å². The van der Waals surface area contributed by atoms with Crippen LogP contribution in [0.5, 0.6) is 5.75 Å². The molecule has 4 aromatic rings. The highest BCUT2D eigenvalue weighted by molar-refractivity contribution is 7.89. The fraction of sp³-hybridized carbons (Fsp3) is 0.386. The molecule has 8 amide bonds. The van der Waals surface area contributed by atoms with Crippen molar-refractivity contribution in [2.75, 3.05) is 70.9 Å². The number of amides is 8. The number of aromatic nitrogens is 2. The molecule has 0 saturated carbocycles. The van der Waals surface area contributed by atoms with Gasteiger partial charge in [-0.05, 0) is 37.5 Å². The van der Waals surface area contributed by atoms with Gasteiger partial charge in [-0.2, -0.15) is 0 Å². The van der Waals surface area contributed by atoms with Gasteiger partial charge in [0.15, 0.2) is 11.7 Å². The Morgan fingerprint density at radius 2 is 1.59 bits per heavy atom. The molecule has 0 bridgehead atoms. The van der Waals surface area contributed by atoms with Gasteiger partial charge in [-0.15, -0.1) is 11.3 Å². The van der Waals surface area contributed by atoms with Gasteiger partial charge in [0, 0.05) is 62.5 Å². The minimum atomic E-state index is -3.62. The molecule has 1 fully saturated rings. The van der Waals surface area contributed by atoms with E-state index in [-0.39, 0.29) is 107 Å². The molecule has 2 aromatic carbocycles. The Kier molecular flexibility index (Phi) is 18.0. The molecule has 0 radical (unpaired) electrons. The smallest absolute Gasteiger partial charge is 0.266 e. The molecule has 6 rings (SSSR count). The van der Waals surface area contributed by atoms with Gasteiger partial charge in [0.1, 0.15) is 17.8 Å². The molecule has 1 saturated heterocycles. The van der Waals surface area contributed by atoms with E-state index >= 15 is 0 Å². The predicted octanol–water partition coefficient (Wildman–Crippen LogP) is 1.09. The Morgan fingerprint density at radius 1 is 0.868 bits per heavy atom. The van der Waals surface area contributed by atoms with Crippen molar-refractivity contribution in [1.29, 1.82) is 0 Å². The highest BCUT2D eigenvalue weighted by Gasteiger charge is 2.46. The van der Waals surface area contributed by atoms with Gasteiger partial charge in [0.25, 0.3) is 23.6 Å². The number of carbonyl (C=O) groups excluding carboxylic acids is 8. The highest BCUT2D eigenvalue weighted by Crippen LogP contribution is 2.33. The van der Waals surface area contributed by atoms with E-state index in [1.54, 1.807) is 5.38 Å². The van der Waals surface area contributed by atoms with E-state index in [0.29, 0.717) is 17.2 Å². The lowest BCUT2D eigenvalue weighted by atomic mass is 10.0. The van der Waals surface area contributed by atoms with Crippen LogP contribution in [0.15, 0.2) is 72.4 Å². The second-order valence-electron chi connectivity index (χ2n) is 15.3. The Bertz CT molecular complexity index is 2600. The SMILES string of the molecule is CS(=O)(=O)n1ccc(C(=O)N[C@@H](CCOCCCC(=O)NCCOCCOCCNC(=O)COc2cccc3c2C(=O)N(C2CCC(=O)NC2=O)C3=O)C(=O)Nc2nc(-c3ccccc3)cs2)c1. The normalized spacial score (nSPS) is 15.1. The summed E-state index contributed by atoms with van der Waals surface area (Å²) in [5.41, 5.74) is 1.55. The number of benzene rings is 2. The van der Waals surface area contributed by atoms with Gasteiger partial charge in [-0.25, -0.2) is 13.4 Å². The number of nitrogens with zero attached hydrogens (tertiary/aromatic N) is 3. The first-order valence-electron chi connectivity index (χ1n) is 21.4. The first-order valence-corrected chi connectivity index (χ1v) is 24.2. The van der Waals surface area contributed by atoms with E-state index in [1.807, 2.05) is 30.3 Å². The van der Waals surface area contributed by atoms with Gasteiger partial charge in [-0.3, -0.25) is 52.5 Å². The largest absolute Gasteiger partial charge is 0.483 e. The van der Waals surface area contributed by atoms with Crippen molar-refractivity contribution in [3.8, 4) is 17.0 Å². The molecule has 1 unspecified atom stereocenters. The highest BCUT2D eigenvalue weighted by atomic mass is 32.2. The van der Waals surface area contributed by atoms with Crippen molar-refractivity contribution >= 4 is 73.7 Å². The van der Waals surface area contributed by atoms with E-state index in [9.17, 15) is 46.8 Å². The van der Waals surface area contributed by atoms with Gasteiger partial charge < -0.3 is 40.2 Å². The van der Waals surface area contributed by atoms with Crippen LogP contribution in [0.25, 0.3) is 11.3 Å². The summed E-state index contributed by atoms with van der Waals surface area (Å²) < 4.78 is 46.9. The topological polar surface area (TPSA) is 289 Å². The number of thiazole rings is 1. The third-order valence-electron chi connectivity index (χ3n) is 10.3. The number of fused-ring (bicyclic) bond motifs is 1. The molecule has 2 aliphatic rings. The molecule has 4 heterocycles. The molecule has 22 nitrogen and oxygen atoms in total. The van der Waals surface area contributed by atoms with E-state index < -0.39 is 70.1 Å². The molecule has 68 heavy (non-hydrogen) atoms. The van der Waals surface area contributed by atoms with E-state index in [1.165, 1.54) is 41.8 Å². The zero-order chi connectivity index (χ0) is 48.6. The molecule has 0 aliphatic carbocycles. The van der Waals surface area contributed by atoms with Crippen molar-refractivity contribution in [1.82, 2.24) is 35.1 Å². The maximum atomic E-state index is 13.4. The van der Waals surface area contributed by atoms with Crippen molar-refractivity contribution in [3.63, 3.8) is 0 Å². The lowest BCUT2D eigenvalue weighted by molar-refractivity contribution is -0.136. The van der Waals surface area contributed by atoms with E-state index in [4.69, 9.17) is 18.9 Å². The maximum absolute atomic E-state index is 13.4. The number of nitrogens with one attached hydrogen (secondary N) is 5. The van der Waals surface area contributed by atoms with Crippen LogP contribution in [0, 0.1) is 0 Å². The van der Waals surface area contributed by atoms with Gasteiger partial charge >= 0.3 is 0 Å². The summed E-state index contributed by atoms with van der Waals surface area (Å²) in [5, 5.41) is 15.0. The molecule has 5 N–H and O–H groups in total. The minimum absolute atomic E-state index is 0.00492. The zero-order valence-corrected chi connectivity index (χ0v) is 38.5. The number of hydrogen-bond donors (Lipinski definition) is 5. The van der Waals surface area contributed by atoms with Gasteiger partial charge in [0.05, 0.1) is 55.1 Å². The molecular weight excluding hydrogens is 929 g/mol. The van der Waals surface area contributed by atoms with Crippen LogP contribution in [0.4, 0.5) is 5.13 Å². The molecule has 2 aliphatic heterocycles. The molecule has 362 valence electrons. The van der Waals surface area contributed by atoms with Crippen molar-refractivity contribution < 1.29 is 65.7 Å². The lowest BCUT2D eigenvalue weighted by Gasteiger charge is -2.27. The van der Waals surface area contributed by atoms with E-state index in [0.717, 1.165) is 26.9 Å². The third kappa shape index (κ3) is 14.1. The molecule has 0 spiro atoms. The number of imide groups is 2. The Morgan fingerprint density at radius 3 is 2.29 bits per heavy atom. The predicted molar refractivity (Wildman–Crippen MR) is 243 cm³/mol. The molecule has 24 heteroatoms. The van der Waals surface area contributed by atoms with Crippen LogP contribution in [-0.4, -0.2) is 147 Å². The maximum Gasteiger partial charge on any atom is 0.266 e. The number of rotatable bonds is 26.